The zero-order valence-corrected chi connectivity index (χ0v) is 14.4. The molecule has 0 atom stereocenters. The Morgan fingerprint density at radius 1 is 1.29 bits per heavy atom. The quantitative estimate of drug-likeness (QED) is 0.385. The maximum Gasteiger partial charge on any atom is 0.418 e. The van der Waals surface area contributed by atoms with Gasteiger partial charge in [0, 0.05) is 17.5 Å². The highest BCUT2D eigenvalue weighted by atomic mass is 35.5. The van der Waals surface area contributed by atoms with E-state index in [-0.39, 0.29) is 16.4 Å². The number of rotatable bonds is 5. The number of furan rings is 1. The van der Waals surface area contributed by atoms with Gasteiger partial charge in [-0.15, -0.1) is 0 Å². The summed E-state index contributed by atoms with van der Waals surface area (Å²) in [4.78, 5) is 15.3. The first-order chi connectivity index (χ1) is 11.1. The summed E-state index contributed by atoms with van der Waals surface area (Å²) in [6.07, 6.45) is 0.557. The summed E-state index contributed by atoms with van der Waals surface area (Å²) >= 11 is 5.74. The molecule has 1 aromatic heterocycles. The number of nitrogens with zero attached hydrogens (tertiary/aromatic N) is 1. The van der Waals surface area contributed by atoms with Gasteiger partial charge in [0.05, 0.1) is 23.8 Å². The van der Waals surface area contributed by atoms with Crippen LogP contribution in [0.1, 0.15) is 33.3 Å². The number of ketones is 1. The van der Waals surface area contributed by atoms with Crippen molar-refractivity contribution in [2.75, 3.05) is 0 Å². The second-order valence-corrected chi connectivity index (χ2v) is 5.51. The molecule has 0 aromatic carbocycles. The molecular formula is C17H17ClF3NO2. The van der Waals surface area contributed by atoms with Gasteiger partial charge in [-0.3, -0.25) is 4.79 Å². The van der Waals surface area contributed by atoms with Crippen molar-refractivity contribution >= 4 is 28.7 Å². The van der Waals surface area contributed by atoms with Crippen LogP contribution in [0.2, 0.25) is 0 Å². The topological polar surface area (TPSA) is 42.6 Å². The van der Waals surface area contributed by atoms with E-state index < -0.39 is 17.5 Å². The number of carbonyl (C=O) groups is 1. The molecular weight excluding hydrogens is 343 g/mol. The van der Waals surface area contributed by atoms with Crippen molar-refractivity contribution in [1.29, 1.82) is 0 Å². The molecule has 0 N–H and O–H groups in total. The number of carbonyl (C=O) groups excluding carboxylic acids is 1. The van der Waals surface area contributed by atoms with Crippen LogP contribution in [-0.2, 0) is 4.79 Å². The van der Waals surface area contributed by atoms with Gasteiger partial charge in [0.2, 0.25) is 0 Å². The average molecular weight is 360 g/mol. The third-order valence-electron chi connectivity index (χ3n) is 3.10. The third-order valence-corrected chi connectivity index (χ3v) is 3.28. The summed E-state index contributed by atoms with van der Waals surface area (Å²) in [6.45, 7) is 5.39. The van der Waals surface area contributed by atoms with Crippen molar-refractivity contribution in [2.45, 2.75) is 33.9 Å². The molecule has 0 fully saturated rings. The zero-order chi connectivity index (χ0) is 18.5. The smallest absolute Gasteiger partial charge is 0.418 e. The molecule has 0 amide bonds. The van der Waals surface area contributed by atoms with Crippen LogP contribution in [0.5, 0.6) is 0 Å². The average Bonchev–Trinajstić information content (AvgIpc) is 2.97. The largest absolute Gasteiger partial charge is 0.472 e. The van der Waals surface area contributed by atoms with E-state index in [0.717, 1.165) is 6.08 Å². The molecule has 0 aliphatic rings. The van der Waals surface area contributed by atoms with Crippen molar-refractivity contribution in [3.63, 3.8) is 0 Å². The van der Waals surface area contributed by atoms with Crippen LogP contribution >= 0.6 is 11.6 Å². The number of allylic oxidation sites excluding steroid dienone is 6. The minimum atomic E-state index is -4.65. The van der Waals surface area contributed by atoms with E-state index >= 15 is 0 Å². The number of Topliss-reactive ketones (excluding diaryl/α,β-unsaturated/α-hetero) is 1. The fourth-order valence-corrected chi connectivity index (χ4v) is 2.11. The first-order valence-electron chi connectivity index (χ1n) is 6.98. The molecule has 0 aliphatic carbocycles. The van der Waals surface area contributed by atoms with Gasteiger partial charge in [-0.1, -0.05) is 17.7 Å². The molecule has 24 heavy (non-hydrogen) atoms. The Labute approximate surface area is 143 Å². The summed E-state index contributed by atoms with van der Waals surface area (Å²) in [5.74, 6) is -0.510. The van der Waals surface area contributed by atoms with Crippen LogP contribution < -0.4 is 0 Å². The molecule has 0 bridgehead atoms. The van der Waals surface area contributed by atoms with E-state index in [1.807, 2.05) is 0 Å². The highest BCUT2D eigenvalue weighted by molar-refractivity contribution is 6.31. The van der Waals surface area contributed by atoms with Crippen LogP contribution in [0.3, 0.4) is 0 Å². The van der Waals surface area contributed by atoms with Crippen LogP contribution in [0.25, 0.3) is 5.57 Å². The summed E-state index contributed by atoms with van der Waals surface area (Å²) in [6, 6.07) is 1.55. The molecule has 1 rings (SSSR count). The second-order valence-electron chi connectivity index (χ2n) is 4.95. The van der Waals surface area contributed by atoms with Crippen molar-refractivity contribution < 1.29 is 22.4 Å². The van der Waals surface area contributed by atoms with Gasteiger partial charge >= 0.3 is 6.18 Å². The second kappa shape index (κ2) is 8.15. The predicted octanol–water partition coefficient (Wildman–Crippen LogP) is 5.69. The van der Waals surface area contributed by atoms with Crippen molar-refractivity contribution in [3.05, 3.63) is 52.6 Å². The molecule has 130 valence electrons. The molecule has 1 aromatic rings. The van der Waals surface area contributed by atoms with E-state index in [2.05, 4.69) is 4.99 Å². The Balaban J connectivity index is 3.46. The molecule has 0 radical (unpaired) electrons. The van der Waals surface area contributed by atoms with Crippen LogP contribution in [0.15, 0.2) is 56.5 Å². The number of halogens is 4. The lowest BCUT2D eigenvalue weighted by Crippen LogP contribution is -2.19. The van der Waals surface area contributed by atoms with Gasteiger partial charge in [-0.25, -0.2) is 4.99 Å². The summed E-state index contributed by atoms with van der Waals surface area (Å²) < 4.78 is 45.2. The van der Waals surface area contributed by atoms with Crippen LogP contribution in [0, 0.1) is 0 Å². The van der Waals surface area contributed by atoms with E-state index in [4.69, 9.17) is 16.0 Å². The summed E-state index contributed by atoms with van der Waals surface area (Å²) in [5, 5.41) is 0.0319. The Morgan fingerprint density at radius 3 is 2.29 bits per heavy atom. The Kier molecular flexibility index (Phi) is 6.78. The van der Waals surface area contributed by atoms with E-state index in [1.54, 1.807) is 13.0 Å². The summed E-state index contributed by atoms with van der Waals surface area (Å²) in [5.41, 5.74) is -0.692. The molecule has 0 unspecified atom stereocenters. The van der Waals surface area contributed by atoms with Crippen molar-refractivity contribution in [3.8, 4) is 0 Å². The van der Waals surface area contributed by atoms with Crippen molar-refractivity contribution in [1.82, 2.24) is 0 Å². The molecule has 0 saturated heterocycles. The Morgan fingerprint density at radius 2 is 1.92 bits per heavy atom. The Hall–Kier alpha value is -2.08. The van der Waals surface area contributed by atoms with Crippen molar-refractivity contribution in [2.24, 2.45) is 4.99 Å². The molecule has 3 nitrogen and oxygen atoms in total. The number of alkyl halides is 3. The fraction of sp³-hybridized carbons (Fsp3) is 0.294. The summed E-state index contributed by atoms with van der Waals surface area (Å²) in [7, 11) is 0. The van der Waals surface area contributed by atoms with E-state index in [9.17, 15) is 18.0 Å². The Bertz CT molecular complexity index is 720. The lowest BCUT2D eigenvalue weighted by Gasteiger charge is -2.13. The van der Waals surface area contributed by atoms with Gasteiger partial charge in [0.15, 0.2) is 5.78 Å². The van der Waals surface area contributed by atoms with Crippen LogP contribution in [0.4, 0.5) is 13.2 Å². The van der Waals surface area contributed by atoms with Gasteiger partial charge in [0.1, 0.15) is 5.70 Å². The minimum absolute atomic E-state index is 0.0319. The highest BCUT2D eigenvalue weighted by Gasteiger charge is 2.36. The normalized spacial score (nSPS) is 15.4. The monoisotopic (exact) mass is 359 g/mol. The SMILES string of the molecule is C\C=C(/C=C(\C(C)=N\C(C(C)=O)=C(/C)Cl)C(F)(F)F)c1ccoc1. The first kappa shape index (κ1) is 20.0. The highest BCUT2D eigenvalue weighted by Crippen LogP contribution is 2.31. The molecule has 0 saturated carbocycles. The lowest BCUT2D eigenvalue weighted by atomic mass is 10.0. The molecule has 1 heterocycles. The fourth-order valence-electron chi connectivity index (χ4n) is 1.94. The maximum atomic E-state index is 13.4. The third kappa shape index (κ3) is 5.23. The van der Waals surface area contributed by atoms with Crippen LogP contribution in [-0.4, -0.2) is 17.7 Å². The van der Waals surface area contributed by atoms with Gasteiger partial charge in [0.25, 0.3) is 0 Å². The van der Waals surface area contributed by atoms with Gasteiger partial charge in [-0.2, -0.15) is 13.2 Å². The first-order valence-corrected chi connectivity index (χ1v) is 7.36. The lowest BCUT2D eigenvalue weighted by molar-refractivity contribution is -0.113. The van der Waals surface area contributed by atoms with E-state index in [0.29, 0.717) is 11.1 Å². The predicted molar refractivity (Wildman–Crippen MR) is 88.8 cm³/mol. The number of hydrogen-bond donors (Lipinski definition) is 0. The van der Waals surface area contributed by atoms with E-state index in [1.165, 1.54) is 39.4 Å². The zero-order valence-electron chi connectivity index (χ0n) is 13.7. The number of hydrogen-bond acceptors (Lipinski definition) is 3. The maximum absolute atomic E-state index is 13.4. The molecule has 7 heteroatoms. The molecule has 0 spiro atoms. The molecule has 0 aliphatic heterocycles. The minimum Gasteiger partial charge on any atom is -0.472 e. The number of aliphatic imine (C=N–C) groups is 1. The van der Waals surface area contributed by atoms with Gasteiger partial charge in [-0.05, 0) is 38.5 Å². The standard InChI is InChI=1S/C17H17ClF3NO2/c1-5-13(14-6-7-24-9-14)8-15(17(19,20)21)11(3)22-16(10(2)18)12(4)23/h5-9H,1-4H3/b13-5+,15-8+,16-10+,22-11+. The van der Waals surface area contributed by atoms with Gasteiger partial charge < -0.3 is 4.42 Å².